The summed E-state index contributed by atoms with van der Waals surface area (Å²) in [7, 11) is 0. The molecule has 1 aromatic carbocycles. The smallest absolute Gasteiger partial charge is 0.325 e. The molecule has 0 spiro atoms. The zero-order valence-corrected chi connectivity index (χ0v) is 14.1. The van der Waals surface area contributed by atoms with Crippen LogP contribution in [0.5, 0.6) is 0 Å². The summed E-state index contributed by atoms with van der Waals surface area (Å²) in [6, 6.07) is 5.06. The highest BCUT2D eigenvalue weighted by Gasteiger charge is 2.50. The maximum absolute atomic E-state index is 14.0. The number of halogens is 1. The predicted octanol–water partition coefficient (Wildman–Crippen LogP) is 1.90. The van der Waals surface area contributed by atoms with Crippen molar-refractivity contribution >= 4 is 17.8 Å². The zero-order valence-electron chi connectivity index (χ0n) is 14.1. The third kappa shape index (κ3) is 3.25. The average Bonchev–Trinajstić information content (AvgIpc) is 2.77. The summed E-state index contributed by atoms with van der Waals surface area (Å²) in [4.78, 5) is 37.7. The number of hydrogen-bond donors (Lipinski definition) is 2. The lowest BCUT2D eigenvalue weighted by atomic mass is 9.91. The van der Waals surface area contributed by atoms with Crippen LogP contribution in [0.2, 0.25) is 0 Å². The largest absolute Gasteiger partial charge is 0.352 e. The summed E-state index contributed by atoms with van der Waals surface area (Å²) in [6.07, 6.45) is 1.52. The highest BCUT2D eigenvalue weighted by Crippen LogP contribution is 2.30. The maximum atomic E-state index is 14.0. The highest BCUT2D eigenvalue weighted by molar-refractivity contribution is 6.09. The third-order valence-corrected chi connectivity index (χ3v) is 4.34. The van der Waals surface area contributed by atoms with Crippen LogP contribution in [-0.4, -0.2) is 35.3 Å². The molecule has 0 saturated carbocycles. The van der Waals surface area contributed by atoms with Crippen molar-refractivity contribution in [3.8, 4) is 0 Å². The molecule has 0 aliphatic carbocycles. The number of hydrogen-bond acceptors (Lipinski definition) is 3. The number of benzene rings is 1. The van der Waals surface area contributed by atoms with Gasteiger partial charge in [0.05, 0.1) is 0 Å². The van der Waals surface area contributed by atoms with Gasteiger partial charge in [0.2, 0.25) is 5.91 Å². The Labute approximate surface area is 140 Å². The molecular formula is C17H22FN3O3. The van der Waals surface area contributed by atoms with Gasteiger partial charge in [0.25, 0.3) is 5.91 Å². The highest BCUT2D eigenvalue weighted by atomic mass is 19.1. The van der Waals surface area contributed by atoms with Gasteiger partial charge < -0.3 is 10.6 Å². The van der Waals surface area contributed by atoms with Crippen molar-refractivity contribution in [3.63, 3.8) is 0 Å². The van der Waals surface area contributed by atoms with E-state index in [1.54, 1.807) is 6.07 Å². The Bertz CT molecular complexity index is 660. The van der Waals surface area contributed by atoms with Gasteiger partial charge in [-0.2, -0.15) is 0 Å². The number of imide groups is 1. The van der Waals surface area contributed by atoms with Crippen LogP contribution in [0.4, 0.5) is 9.18 Å². The van der Waals surface area contributed by atoms with Gasteiger partial charge in [-0.1, -0.05) is 32.0 Å². The fourth-order valence-corrected chi connectivity index (χ4v) is 2.80. The van der Waals surface area contributed by atoms with Gasteiger partial charge >= 0.3 is 6.03 Å². The molecule has 4 amide bonds. The number of nitrogens with zero attached hydrogens (tertiary/aromatic N) is 1. The molecule has 1 unspecified atom stereocenters. The first-order valence-electron chi connectivity index (χ1n) is 8.02. The topological polar surface area (TPSA) is 78.5 Å². The Morgan fingerprint density at radius 2 is 1.92 bits per heavy atom. The molecule has 2 N–H and O–H groups in total. The van der Waals surface area contributed by atoms with Crippen molar-refractivity contribution in [3.05, 3.63) is 35.6 Å². The van der Waals surface area contributed by atoms with Gasteiger partial charge in [0, 0.05) is 11.6 Å². The Morgan fingerprint density at radius 1 is 1.29 bits per heavy atom. The first kappa shape index (κ1) is 17.9. The fraction of sp³-hybridized carbons (Fsp3) is 0.471. The van der Waals surface area contributed by atoms with Crippen molar-refractivity contribution in [2.75, 3.05) is 6.54 Å². The van der Waals surface area contributed by atoms with Gasteiger partial charge in [-0.05, 0) is 25.8 Å². The number of urea groups is 1. The number of carbonyl (C=O) groups excluding carboxylic acids is 3. The van der Waals surface area contributed by atoms with Crippen LogP contribution < -0.4 is 10.6 Å². The number of carbonyl (C=O) groups is 3. The Morgan fingerprint density at radius 3 is 2.50 bits per heavy atom. The summed E-state index contributed by atoms with van der Waals surface area (Å²) >= 11 is 0. The van der Waals surface area contributed by atoms with Gasteiger partial charge in [0.1, 0.15) is 17.9 Å². The molecule has 1 aromatic rings. The lowest BCUT2D eigenvalue weighted by Gasteiger charge is -2.23. The molecule has 0 bridgehead atoms. The molecule has 6 nitrogen and oxygen atoms in total. The zero-order chi connectivity index (χ0) is 17.9. The fourth-order valence-electron chi connectivity index (χ4n) is 2.80. The van der Waals surface area contributed by atoms with Gasteiger partial charge in [0.15, 0.2) is 0 Å². The van der Waals surface area contributed by atoms with E-state index >= 15 is 0 Å². The second kappa shape index (κ2) is 6.98. The monoisotopic (exact) mass is 335 g/mol. The van der Waals surface area contributed by atoms with Crippen molar-refractivity contribution in [2.45, 2.75) is 45.2 Å². The van der Waals surface area contributed by atoms with Crippen molar-refractivity contribution in [2.24, 2.45) is 0 Å². The van der Waals surface area contributed by atoms with Gasteiger partial charge in [-0.3, -0.25) is 14.5 Å². The quantitative estimate of drug-likeness (QED) is 0.779. The Hall–Kier alpha value is -2.44. The summed E-state index contributed by atoms with van der Waals surface area (Å²) in [5.74, 6) is -1.64. The molecule has 1 heterocycles. The molecular weight excluding hydrogens is 313 g/mol. The van der Waals surface area contributed by atoms with E-state index in [0.717, 1.165) is 17.7 Å². The second-order valence-electron chi connectivity index (χ2n) is 6.01. The van der Waals surface area contributed by atoms with Crippen molar-refractivity contribution in [1.29, 1.82) is 0 Å². The number of amides is 4. The van der Waals surface area contributed by atoms with Crippen molar-refractivity contribution in [1.82, 2.24) is 15.5 Å². The van der Waals surface area contributed by atoms with E-state index in [9.17, 15) is 18.8 Å². The minimum Gasteiger partial charge on any atom is -0.352 e. The Kier molecular flexibility index (Phi) is 5.21. The van der Waals surface area contributed by atoms with Crippen molar-refractivity contribution < 1.29 is 18.8 Å². The SMILES string of the molecule is CCC(CC)NC(=O)CN1C(=O)NC(C)(c2ccccc2F)C1=O. The van der Waals surface area contributed by atoms with Crippen LogP contribution in [0.15, 0.2) is 24.3 Å². The van der Waals surface area contributed by atoms with E-state index < -0.39 is 29.2 Å². The Balaban J connectivity index is 2.17. The molecule has 1 atom stereocenters. The van der Waals surface area contributed by atoms with E-state index in [-0.39, 0.29) is 18.2 Å². The van der Waals surface area contributed by atoms with Gasteiger partial charge in [-0.25, -0.2) is 9.18 Å². The minimum atomic E-state index is -1.52. The minimum absolute atomic E-state index is 0.00350. The van der Waals surface area contributed by atoms with E-state index in [1.165, 1.54) is 25.1 Å². The molecule has 7 heteroatoms. The second-order valence-corrected chi connectivity index (χ2v) is 6.01. The summed E-state index contributed by atoms with van der Waals surface area (Å²) in [6.45, 7) is 4.93. The first-order chi connectivity index (χ1) is 11.3. The molecule has 24 heavy (non-hydrogen) atoms. The van der Waals surface area contributed by atoms with E-state index in [0.29, 0.717) is 0 Å². The molecule has 2 rings (SSSR count). The van der Waals surface area contributed by atoms with Crippen LogP contribution >= 0.6 is 0 Å². The number of rotatable bonds is 6. The maximum Gasteiger partial charge on any atom is 0.325 e. The number of nitrogens with one attached hydrogen (secondary N) is 2. The van der Waals surface area contributed by atoms with Gasteiger partial charge in [-0.15, -0.1) is 0 Å². The van der Waals surface area contributed by atoms with Crippen LogP contribution in [0.3, 0.4) is 0 Å². The predicted molar refractivity (Wildman–Crippen MR) is 86.5 cm³/mol. The van der Waals surface area contributed by atoms with Crippen LogP contribution in [0.25, 0.3) is 0 Å². The standard InChI is InChI=1S/C17H22FN3O3/c1-4-11(5-2)19-14(22)10-21-15(23)17(3,20-16(21)24)12-8-6-7-9-13(12)18/h6-9,11H,4-5,10H2,1-3H3,(H,19,22)(H,20,24). The summed E-state index contributed by atoms with van der Waals surface area (Å²) in [5.41, 5.74) is -1.44. The van der Waals surface area contributed by atoms with E-state index in [2.05, 4.69) is 10.6 Å². The molecule has 1 aliphatic rings. The average molecular weight is 335 g/mol. The normalized spacial score (nSPS) is 20.5. The van der Waals surface area contributed by atoms with Crippen LogP contribution in [0.1, 0.15) is 39.2 Å². The molecule has 0 aromatic heterocycles. The summed E-state index contributed by atoms with van der Waals surface area (Å²) < 4.78 is 14.0. The molecule has 1 fully saturated rings. The molecule has 1 aliphatic heterocycles. The first-order valence-corrected chi connectivity index (χ1v) is 8.02. The molecule has 130 valence electrons. The summed E-state index contributed by atoms with van der Waals surface area (Å²) in [5, 5.41) is 5.27. The van der Waals surface area contributed by atoms with Crippen LogP contribution in [0, 0.1) is 5.82 Å². The van der Waals surface area contributed by atoms with E-state index in [4.69, 9.17) is 0 Å². The lowest BCUT2D eigenvalue weighted by molar-refractivity contribution is -0.135. The van der Waals surface area contributed by atoms with E-state index in [1.807, 2.05) is 13.8 Å². The molecule has 0 radical (unpaired) electrons. The third-order valence-electron chi connectivity index (χ3n) is 4.34. The molecule has 1 saturated heterocycles. The lowest BCUT2D eigenvalue weighted by Crippen LogP contribution is -2.45. The van der Waals surface area contributed by atoms with Crippen LogP contribution in [-0.2, 0) is 15.1 Å².